The van der Waals surface area contributed by atoms with E-state index in [0.717, 1.165) is 36.6 Å². The van der Waals surface area contributed by atoms with Gasteiger partial charge in [0.2, 0.25) is 0 Å². The molecule has 0 amide bonds. The lowest BCUT2D eigenvalue weighted by Crippen LogP contribution is -2.24. The molecule has 0 spiro atoms. The van der Waals surface area contributed by atoms with E-state index in [4.69, 9.17) is 18.7 Å². The average molecular weight is 304 g/mol. The van der Waals surface area contributed by atoms with Crippen molar-refractivity contribution in [2.45, 2.75) is 32.3 Å². The Morgan fingerprint density at radius 1 is 1.23 bits per heavy atom. The van der Waals surface area contributed by atoms with E-state index in [-0.39, 0.29) is 6.23 Å². The van der Waals surface area contributed by atoms with E-state index in [0.29, 0.717) is 19.0 Å². The normalized spacial score (nSPS) is 17.6. The van der Waals surface area contributed by atoms with Crippen LogP contribution in [0.3, 0.4) is 0 Å². The Hall–Kier alpha value is -2.05. The fourth-order valence-electron chi connectivity index (χ4n) is 2.30. The van der Waals surface area contributed by atoms with E-state index in [1.165, 1.54) is 0 Å². The molecule has 1 atom stereocenters. The molecule has 1 saturated heterocycles. The van der Waals surface area contributed by atoms with Crippen molar-refractivity contribution in [3.8, 4) is 11.5 Å². The molecule has 1 aromatic heterocycles. The highest BCUT2D eigenvalue weighted by Crippen LogP contribution is 2.18. The Balaban J connectivity index is 1.46. The van der Waals surface area contributed by atoms with Crippen LogP contribution >= 0.6 is 0 Å². The zero-order chi connectivity index (χ0) is 15.2. The number of methoxy groups -OCH3 is 1. The van der Waals surface area contributed by atoms with Gasteiger partial charge < -0.3 is 18.7 Å². The summed E-state index contributed by atoms with van der Waals surface area (Å²) in [4.78, 5) is 0. The third-order valence-electron chi connectivity index (χ3n) is 3.50. The largest absolute Gasteiger partial charge is 0.497 e. The van der Waals surface area contributed by atoms with E-state index >= 15 is 0 Å². The second-order valence-corrected chi connectivity index (χ2v) is 5.14. The van der Waals surface area contributed by atoms with Crippen LogP contribution in [0.1, 0.15) is 24.3 Å². The van der Waals surface area contributed by atoms with Crippen molar-refractivity contribution >= 4 is 0 Å². The topological polar surface area (TPSA) is 65.8 Å². The highest BCUT2D eigenvalue weighted by molar-refractivity contribution is 5.31. The van der Waals surface area contributed by atoms with Gasteiger partial charge in [0.1, 0.15) is 30.0 Å². The Bertz CT molecular complexity index is 576. The number of nitrogens with zero attached hydrogens (tertiary/aromatic N) is 1. The van der Waals surface area contributed by atoms with Crippen molar-refractivity contribution in [2.24, 2.45) is 0 Å². The monoisotopic (exact) mass is 304 g/mol. The van der Waals surface area contributed by atoms with Crippen molar-refractivity contribution in [1.82, 2.24) is 10.5 Å². The van der Waals surface area contributed by atoms with Crippen LogP contribution in [-0.4, -0.2) is 25.0 Å². The van der Waals surface area contributed by atoms with Gasteiger partial charge in [0.15, 0.2) is 5.76 Å². The van der Waals surface area contributed by atoms with Crippen LogP contribution in [0, 0.1) is 0 Å². The summed E-state index contributed by atoms with van der Waals surface area (Å²) >= 11 is 0. The zero-order valence-electron chi connectivity index (χ0n) is 12.6. The molecule has 118 valence electrons. The number of rotatable bonds is 7. The quantitative estimate of drug-likeness (QED) is 0.848. The number of nitrogens with one attached hydrogen (secondary N) is 1. The lowest BCUT2D eigenvalue weighted by molar-refractivity contribution is 0.0280. The van der Waals surface area contributed by atoms with Gasteiger partial charge in [-0.15, -0.1) is 0 Å². The summed E-state index contributed by atoms with van der Waals surface area (Å²) in [6.45, 7) is 1.80. The number of hydrogen-bond acceptors (Lipinski definition) is 6. The molecule has 1 N–H and O–H groups in total. The maximum Gasteiger partial charge on any atom is 0.174 e. The van der Waals surface area contributed by atoms with Gasteiger partial charge in [-0.3, -0.25) is 5.32 Å². The fourth-order valence-corrected chi connectivity index (χ4v) is 2.30. The zero-order valence-corrected chi connectivity index (χ0v) is 12.6. The first-order chi connectivity index (χ1) is 10.8. The molecular formula is C16H20N2O4. The van der Waals surface area contributed by atoms with Crippen LogP contribution in [-0.2, 0) is 18.0 Å². The minimum Gasteiger partial charge on any atom is -0.497 e. The summed E-state index contributed by atoms with van der Waals surface area (Å²) in [5.74, 6) is 2.23. The van der Waals surface area contributed by atoms with E-state index in [1.807, 2.05) is 30.3 Å². The third-order valence-corrected chi connectivity index (χ3v) is 3.50. The number of benzene rings is 1. The van der Waals surface area contributed by atoms with Crippen molar-refractivity contribution in [3.63, 3.8) is 0 Å². The molecule has 0 saturated carbocycles. The maximum atomic E-state index is 5.70. The molecule has 1 aliphatic heterocycles. The Morgan fingerprint density at radius 2 is 2.05 bits per heavy atom. The molecule has 6 heteroatoms. The summed E-state index contributed by atoms with van der Waals surface area (Å²) < 4.78 is 21.7. The van der Waals surface area contributed by atoms with E-state index < -0.39 is 0 Å². The Morgan fingerprint density at radius 3 is 2.77 bits per heavy atom. The molecule has 2 aromatic rings. The molecule has 22 heavy (non-hydrogen) atoms. The van der Waals surface area contributed by atoms with Gasteiger partial charge in [0, 0.05) is 6.07 Å². The number of aromatic nitrogens is 1. The molecule has 0 unspecified atom stereocenters. The van der Waals surface area contributed by atoms with Crippen molar-refractivity contribution in [2.75, 3.05) is 13.7 Å². The van der Waals surface area contributed by atoms with Crippen molar-refractivity contribution in [3.05, 3.63) is 41.8 Å². The Labute approximate surface area is 129 Å². The van der Waals surface area contributed by atoms with Crippen molar-refractivity contribution < 1.29 is 18.7 Å². The lowest BCUT2D eigenvalue weighted by atomic mass is 10.3. The van der Waals surface area contributed by atoms with E-state index in [2.05, 4.69) is 10.5 Å². The average Bonchev–Trinajstić information content (AvgIpc) is 3.23. The van der Waals surface area contributed by atoms with Crippen LogP contribution in [0.5, 0.6) is 11.5 Å². The highest BCUT2D eigenvalue weighted by atomic mass is 16.5. The predicted molar refractivity (Wildman–Crippen MR) is 79.6 cm³/mol. The highest BCUT2D eigenvalue weighted by Gasteiger charge is 2.15. The Kier molecular flexibility index (Phi) is 4.92. The lowest BCUT2D eigenvalue weighted by Gasteiger charge is -2.09. The van der Waals surface area contributed by atoms with Gasteiger partial charge in [0.05, 0.1) is 13.7 Å². The first-order valence-corrected chi connectivity index (χ1v) is 7.40. The van der Waals surface area contributed by atoms with Gasteiger partial charge in [-0.05, 0) is 43.7 Å². The van der Waals surface area contributed by atoms with Gasteiger partial charge in [-0.25, -0.2) is 0 Å². The SMILES string of the molecule is COc1ccc(OCc2cc(CO[C@H]3CCCN3)no2)cc1. The van der Waals surface area contributed by atoms with Gasteiger partial charge >= 0.3 is 0 Å². The molecule has 0 aliphatic carbocycles. The summed E-state index contributed by atoms with van der Waals surface area (Å²) in [5.41, 5.74) is 0.780. The van der Waals surface area contributed by atoms with Crippen LogP contribution in [0.4, 0.5) is 0 Å². The number of ether oxygens (including phenoxy) is 3. The van der Waals surface area contributed by atoms with Crippen LogP contribution < -0.4 is 14.8 Å². The van der Waals surface area contributed by atoms with Gasteiger partial charge in [-0.2, -0.15) is 0 Å². The minimum atomic E-state index is 0.135. The molecular weight excluding hydrogens is 284 g/mol. The predicted octanol–water partition coefficient (Wildman–Crippen LogP) is 2.49. The minimum absolute atomic E-state index is 0.135. The standard InChI is InChI=1S/C16H20N2O4/c1-19-13-4-6-14(7-5-13)20-11-15-9-12(18-22-15)10-21-16-3-2-8-17-16/h4-7,9,16-17H,2-3,8,10-11H2,1H3/t16-/m0/s1. The van der Waals surface area contributed by atoms with Crippen LogP contribution in [0.25, 0.3) is 0 Å². The van der Waals surface area contributed by atoms with Gasteiger partial charge in [-0.1, -0.05) is 5.16 Å². The summed E-state index contributed by atoms with van der Waals surface area (Å²) in [7, 11) is 1.63. The van der Waals surface area contributed by atoms with E-state index in [1.54, 1.807) is 7.11 Å². The van der Waals surface area contributed by atoms with Crippen molar-refractivity contribution in [1.29, 1.82) is 0 Å². The molecule has 3 rings (SSSR count). The molecule has 1 fully saturated rings. The first-order valence-electron chi connectivity index (χ1n) is 7.40. The number of hydrogen-bond donors (Lipinski definition) is 1. The van der Waals surface area contributed by atoms with Crippen LogP contribution in [0.15, 0.2) is 34.9 Å². The second kappa shape index (κ2) is 7.29. The molecule has 1 aliphatic rings. The molecule has 0 bridgehead atoms. The van der Waals surface area contributed by atoms with E-state index in [9.17, 15) is 0 Å². The molecule has 0 radical (unpaired) electrons. The summed E-state index contributed by atoms with van der Waals surface area (Å²) in [5, 5.41) is 7.26. The fraction of sp³-hybridized carbons (Fsp3) is 0.438. The molecule has 2 heterocycles. The summed E-state index contributed by atoms with van der Waals surface area (Å²) in [6.07, 6.45) is 2.34. The first kappa shape index (κ1) is 14.9. The summed E-state index contributed by atoms with van der Waals surface area (Å²) in [6, 6.07) is 9.27. The molecule has 1 aromatic carbocycles. The maximum absolute atomic E-state index is 5.70. The third kappa shape index (κ3) is 3.99. The van der Waals surface area contributed by atoms with Crippen LogP contribution in [0.2, 0.25) is 0 Å². The van der Waals surface area contributed by atoms with Gasteiger partial charge in [0.25, 0.3) is 0 Å². The smallest absolute Gasteiger partial charge is 0.174 e. The second-order valence-electron chi connectivity index (χ2n) is 5.14. The molecule has 6 nitrogen and oxygen atoms in total.